The summed E-state index contributed by atoms with van der Waals surface area (Å²) in [6.45, 7) is -0.403. The molecule has 148 valence electrons. The van der Waals surface area contributed by atoms with Gasteiger partial charge in [0, 0.05) is 23.6 Å². The first-order valence-corrected chi connectivity index (χ1v) is 10.7. The number of halogens is 1. The second kappa shape index (κ2) is 8.02. The van der Waals surface area contributed by atoms with Crippen molar-refractivity contribution in [1.82, 2.24) is 4.31 Å². The summed E-state index contributed by atoms with van der Waals surface area (Å²) in [5, 5.41) is 0. The smallest absolute Gasteiger partial charge is 0.329 e. The fraction of sp³-hybridized carbons (Fsp3) is 0.263. The lowest BCUT2D eigenvalue weighted by molar-refractivity contribution is -0.143. The van der Waals surface area contributed by atoms with Gasteiger partial charge in [0.05, 0.1) is 18.6 Å². The molecule has 9 heteroatoms. The lowest BCUT2D eigenvalue weighted by Gasteiger charge is -2.26. The van der Waals surface area contributed by atoms with Crippen LogP contribution in [0.2, 0.25) is 0 Å². The Labute approximate surface area is 172 Å². The Bertz CT molecular complexity index is 1010. The highest BCUT2D eigenvalue weighted by Crippen LogP contribution is 2.33. The quantitative estimate of drug-likeness (QED) is 0.630. The molecule has 0 spiro atoms. The molecule has 0 aromatic heterocycles. The zero-order valence-corrected chi connectivity index (χ0v) is 17.7. The predicted octanol–water partition coefficient (Wildman–Crippen LogP) is 2.20. The largest absolute Gasteiger partial charge is 0.467 e. The van der Waals surface area contributed by atoms with Gasteiger partial charge < -0.3 is 4.74 Å². The van der Waals surface area contributed by atoms with Gasteiger partial charge in [-0.05, 0) is 35.9 Å². The molecule has 3 rings (SSSR count). The molecule has 0 aliphatic carbocycles. The molecule has 1 unspecified atom stereocenters. The van der Waals surface area contributed by atoms with Gasteiger partial charge in [-0.1, -0.05) is 34.1 Å². The zero-order chi connectivity index (χ0) is 20.5. The van der Waals surface area contributed by atoms with Crippen LogP contribution in [0, 0.1) is 0 Å². The normalized spacial score (nSPS) is 16.1. The Hall–Kier alpha value is -2.23. The van der Waals surface area contributed by atoms with Crippen molar-refractivity contribution in [1.29, 1.82) is 0 Å². The predicted molar refractivity (Wildman–Crippen MR) is 107 cm³/mol. The number of hydrogen-bond acceptors (Lipinski definition) is 5. The molecule has 7 nitrogen and oxygen atoms in total. The molecule has 0 N–H and O–H groups in total. The highest BCUT2D eigenvalue weighted by Gasteiger charge is 2.39. The molecular weight excluding hydrogens is 448 g/mol. The van der Waals surface area contributed by atoms with Gasteiger partial charge in [0.25, 0.3) is 0 Å². The van der Waals surface area contributed by atoms with E-state index in [0.717, 1.165) is 14.3 Å². The minimum atomic E-state index is -3.85. The fourth-order valence-corrected chi connectivity index (χ4v) is 4.54. The van der Waals surface area contributed by atoms with Crippen LogP contribution in [0.1, 0.15) is 5.56 Å². The SMILES string of the molecule is COC(=O)C1Cc2ccccc2N1C(=O)CN(C)S(=O)(=O)c1ccc(Br)cc1. The van der Waals surface area contributed by atoms with E-state index >= 15 is 0 Å². The monoisotopic (exact) mass is 466 g/mol. The highest BCUT2D eigenvalue weighted by atomic mass is 79.9. The van der Waals surface area contributed by atoms with E-state index in [1.54, 1.807) is 24.3 Å². The van der Waals surface area contributed by atoms with Gasteiger partial charge >= 0.3 is 5.97 Å². The lowest BCUT2D eigenvalue weighted by Crippen LogP contribution is -2.48. The van der Waals surface area contributed by atoms with Crippen molar-refractivity contribution < 1.29 is 22.7 Å². The molecule has 0 radical (unpaired) electrons. The number of fused-ring (bicyclic) bond motifs is 1. The first-order chi connectivity index (χ1) is 13.3. The van der Waals surface area contributed by atoms with Crippen LogP contribution in [-0.4, -0.2) is 51.3 Å². The molecule has 2 aromatic rings. The second-order valence-electron chi connectivity index (χ2n) is 6.35. The van der Waals surface area contributed by atoms with Gasteiger partial charge in [0.1, 0.15) is 6.04 Å². The first kappa shape index (κ1) is 20.5. The van der Waals surface area contributed by atoms with Gasteiger partial charge in [-0.15, -0.1) is 0 Å². The molecule has 0 saturated carbocycles. The van der Waals surface area contributed by atoms with Crippen molar-refractivity contribution >= 4 is 43.5 Å². The van der Waals surface area contributed by atoms with E-state index in [1.807, 2.05) is 12.1 Å². The molecule has 28 heavy (non-hydrogen) atoms. The third-order valence-electron chi connectivity index (χ3n) is 4.60. The molecule has 0 fully saturated rings. The molecular formula is C19H19BrN2O5S. The van der Waals surface area contributed by atoms with E-state index in [2.05, 4.69) is 15.9 Å². The third-order valence-corrected chi connectivity index (χ3v) is 6.94. The van der Waals surface area contributed by atoms with Crippen molar-refractivity contribution in [3.8, 4) is 0 Å². The molecule has 1 heterocycles. The fourth-order valence-electron chi connectivity index (χ4n) is 3.16. The first-order valence-electron chi connectivity index (χ1n) is 8.45. The maximum Gasteiger partial charge on any atom is 0.329 e. The highest BCUT2D eigenvalue weighted by molar-refractivity contribution is 9.10. The maximum absolute atomic E-state index is 13.0. The van der Waals surface area contributed by atoms with Crippen molar-refractivity contribution in [3.63, 3.8) is 0 Å². The number of methoxy groups -OCH3 is 1. The summed E-state index contributed by atoms with van der Waals surface area (Å²) in [6, 6.07) is 12.5. The number of nitrogens with zero attached hydrogens (tertiary/aromatic N) is 2. The number of carbonyl (C=O) groups is 2. The molecule has 1 aliphatic rings. The summed E-state index contributed by atoms with van der Waals surface area (Å²) in [5.41, 5.74) is 1.43. The Morgan fingerprint density at radius 2 is 1.82 bits per heavy atom. The van der Waals surface area contributed by atoms with Crippen LogP contribution in [0.4, 0.5) is 5.69 Å². The second-order valence-corrected chi connectivity index (χ2v) is 9.31. The number of esters is 1. The minimum absolute atomic E-state index is 0.0809. The number of amides is 1. The average Bonchev–Trinajstić information content (AvgIpc) is 3.07. The van der Waals surface area contributed by atoms with Gasteiger partial charge in [0.15, 0.2) is 0 Å². The number of ether oxygens (including phenoxy) is 1. The average molecular weight is 467 g/mol. The summed E-state index contributed by atoms with van der Waals surface area (Å²) in [7, 11) is -1.25. The van der Waals surface area contributed by atoms with E-state index in [4.69, 9.17) is 4.74 Å². The maximum atomic E-state index is 13.0. The molecule has 0 bridgehead atoms. The van der Waals surface area contributed by atoms with Crippen LogP contribution in [0.15, 0.2) is 57.9 Å². The van der Waals surface area contributed by atoms with Crippen LogP contribution in [0.5, 0.6) is 0 Å². The summed E-state index contributed by atoms with van der Waals surface area (Å²) in [4.78, 5) is 26.6. The van der Waals surface area contributed by atoms with E-state index < -0.39 is 34.5 Å². The number of hydrogen-bond donors (Lipinski definition) is 0. The molecule has 1 atom stereocenters. The van der Waals surface area contributed by atoms with Crippen LogP contribution >= 0.6 is 15.9 Å². The van der Waals surface area contributed by atoms with Crippen LogP contribution in [0.3, 0.4) is 0 Å². The number of rotatable bonds is 5. The van der Waals surface area contributed by atoms with E-state index in [9.17, 15) is 18.0 Å². The minimum Gasteiger partial charge on any atom is -0.467 e. The zero-order valence-electron chi connectivity index (χ0n) is 15.3. The van der Waals surface area contributed by atoms with Gasteiger partial charge in [0.2, 0.25) is 15.9 Å². The summed E-state index contributed by atoms with van der Waals surface area (Å²) < 4.78 is 32.1. The summed E-state index contributed by atoms with van der Waals surface area (Å²) in [5.74, 6) is -1.04. The Kier molecular flexibility index (Phi) is 5.87. The summed E-state index contributed by atoms with van der Waals surface area (Å²) >= 11 is 3.26. The third kappa shape index (κ3) is 3.82. The van der Waals surface area contributed by atoms with E-state index in [1.165, 1.54) is 31.2 Å². The van der Waals surface area contributed by atoms with Crippen molar-refractivity contribution in [3.05, 3.63) is 58.6 Å². The lowest BCUT2D eigenvalue weighted by atomic mass is 10.1. The van der Waals surface area contributed by atoms with E-state index in [0.29, 0.717) is 12.1 Å². The van der Waals surface area contributed by atoms with Crippen molar-refractivity contribution in [2.75, 3.05) is 25.6 Å². The van der Waals surface area contributed by atoms with Crippen LogP contribution in [-0.2, 0) is 30.8 Å². The van der Waals surface area contributed by atoms with Crippen molar-refractivity contribution in [2.24, 2.45) is 0 Å². The van der Waals surface area contributed by atoms with Crippen LogP contribution in [0.25, 0.3) is 0 Å². The van der Waals surface area contributed by atoms with Crippen LogP contribution < -0.4 is 4.90 Å². The van der Waals surface area contributed by atoms with Gasteiger partial charge in [-0.2, -0.15) is 4.31 Å². The Morgan fingerprint density at radius 1 is 1.18 bits per heavy atom. The number of carbonyl (C=O) groups excluding carboxylic acids is 2. The van der Waals surface area contributed by atoms with Crippen molar-refractivity contribution in [2.45, 2.75) is 17.4 Å². The number of likely N-dealkylation sites (N-methyl/N-ethyl adjacent to an activating group) is 1. The van der Waals surface area contributed by atoms with Gasteiger partial charge in [-0.25, -0.2) is 13.2 Å². The van der Waals surface area contributed by atoms with Gasteiger partial charge in [-0.3, -0.25) is 9.69 Å². The Balaban J connectivity index is 1.86. The molecule has 2 aromatic carbocycles. The molecule has 0 saturated heterocycles. The number of para-hydroxylation sites is 1. The standard InChI is InChI=1S/C19H19BrN2O5S/c1-21(28(25,26)15-9-7-14(20)8-10-15)12-18(23)22-16-6-4-3-5-13(16)11-17(22)19(24)27-2/h3-10,17H,11-12H2,1-2H3. The molecule has 1 aliphatic heterocycles. The number of anilines is 1. The topological polar surface area (TPSA) is 84.0 Å². The Morgan fingerprint density at radius 3 is 2.46 bits per heavy atom. The molecule has 1 amide bonds. The summed E-state index contributed by atoms with van der Waals surface area (Å²) in [6.07, 6.45) is 0.331. The number of sulfonamides is 1. The van der Waals surface area contributed by atoms with E-state index in [-0.39, 0.29) is 4.90 Å². The number of benzene rings is 2.